The summed E-state index contributed by atoms with van der Waals surface area (Å²) < 4.78 is 1.69. The van der Waals surface area contributed by atoms with Crippen LogP contribution in [-0.4, -0.2) is 32.2 Å². The Hall–Kier alpha value is -2.24. The van der Waals surface area contributed by atoms with Gasteiger partial charge < -0.3 is 10.6 Å². The van der Waals surface area contributed by atoms with Crippen LogP contribution in [0.15, 0.2) is 35.6 Å². The largest absolute Gasteiger partial charge is 0.357 e. The second-order valence-electron chi connectivity index (χ2n) is 4.77. The lowest BCUT2D eigenvalue weighted by atomic mass is 10.2. The Balaban J connectivity index is 0.00000288. The van der Waals surface area contributed by atoms with Crippen molar-refractivity contribution in [2.24, 2.45) is 12.0 Å². The van der Waals surface area contributed by atoms with Crippen LogP contribution in [-0.2, 0) is 20.1 Å². The Morgan fingerprint density at radius 1 is 1.33 bits per heavy atom. The van der Waals surface area contributed by atoms with Crippen LogP contribution >= 0.6 is 24.0 Å². The average Bonchev–Trinajstić information content (AvgIpc) is 2.95. The Labute approximate surface area is 156 Å². The molecule has 0 fully saturated rings. The number of rotatable bonds is 6. The quantitative estimate of drug-likeness (QED) is 0.230. The number of aliphatic imine (C=N–C) groups is 1. The zero-order valence-electron chi connectivity index (χ0n) is 13.5. The Morgan fingerprint density at radius 2 is 2.04 bits per heavy atom. The molecule has 1 aromatic carbocycles. The summed E-state index contributed by atoms with van der Waals surface area (Å²) in [5, 5.41) is 20.9. The molecule has 0 saturated carbocycles. The maximum Gasteiger partial charge on any atom is 0.269 e. The van der Waals surface area contributed by atoms with Gasteiger partial charge in [0.05, 0.1) is 18.0 Å². The number of benzene rings is 1. The first kappa shape index (κ1) is 19.8. The van der Waals surface area contributed by atoms with Gasteiger partial charge in [-0.25, -0.2) is 9.98 Å². The number of guanidine groups is 1. The molecule has 0 aliphatic heterocycles. The Bertz CT molecular complexity index is 685. The number of halogens is 1. The van der Waals surface area contributed by atoms with Crippen LogP contribution in [0.5, 0.6) is 0 Å². The lowest BCUT2D eigenvalue weighted by Gasteiger charge is -2.10. The summed E-state index contributed by atoms with van der Waals surface area (Å²) >= 11 is 0. The van der Waals surface area contributed by atoms with Crippen molar-refractivity contribution in [1.82, 2.24) is 25.4 Å². The average molecular weight is 445 g/mol. The van der Waals surface area contributed by atoms with Crippen LogP contribution in [0.2, 0.25) is 0 Å². The van der Waals surface area contributed by atoms with Gasteiger partial charge in [-0.05, 0) is 12.5 Å². The van der Waals surface area contributed by atoms with Gasteiger partial charge in [-0.3, -0.25) is 14.8 Å². The molecule has 0 aliphatic rings. The van der Waals surface area contributed by atoms with Crippen LogP contribution in [0.1, 0.15) is 18.3 Å². The number of aryl methyl sites for hydroxylation is 1. The molecule has 2 rings (SSSR count). The third kappa shape index (κ3) is 5.76. The minimum Gasteiger partial charge on any atom is -0.357 e. The van der Waals surface area contributed by atoms with E-state index in [-0.39, 0.29) is 29.7 Å². The summed E-state index contributed by atoms with van der Waals surface area (Å²) in [6.07, 6.45) is 1.50. The number of hydrogen-bond donors (Lipinski definition) is 2. The van der Waals surface area contributed by atoms with Crippen molar-refractivity contribution < 1.29 is 4.92 Å². The summed E-state index contributed by atoms with van der Waals surface area (Å²) in [6.45, 7) is 3.63. The fourth-order valence-corrected chi connectivity index (χ4v) is 1.88. The zero-order valence-corrected chi connectivity index (χ0v) is 15.8. The molecule has 1 aromatic heterocycles. The normalized spacial score (nSPS) is 10.8. The third-order valence-electron chi connectivity index (χ3n) is 3.13. The lowest BCUT2D eigenvalue weighted by Crippen LogP contribution is -2.37. The molecule has 2 N–H and O–H groups in total. The molecule has 130 valence electrons. The predicted octanol–water partition coefficient (Wildman–Crippen LogP) is 1.60. The van der Waals surface area contributed by atoms with Gasteiger partial charge in [-0.15, -0.1) is 24.0 Å². The minimum absolute atomic E-state index is 0. The molecular weight excluding hydrogens is 425 g/mol. The molecule has 10 heteroatoms. The highest BCUT2D eigenvalue weighted by atomic mass is 127. The number of hydrogen-bond acceptors (Lipinski definition) is 5. The maximum absolute atomic E-state index is 10.6. The summed E-state index contributed by atoms with van der Waals surface area (Å²) in [6, 6.07) is 6.36. The van der Waals surface area contributed by atoms with Gasteiger partial charge in [0.1, 0.15) is 12.2 Å². The summed E-state index contributed by atoms with van der Waals surface area (Å²) in [7, 11) is 1.82. The molecule has 0 aliphatic carbocycles. The number of nitro groups is 1. The van der Waals surface area contributed by atoms with Crippen molar-refractivity contribution in [3.63, 3.8) is 0 Å². The van der Waals surface area contributed by atoms with Crippen LogP contribution in [0.3, 0.4) is 0 Å². The molecule has 0 unspecified atom stereocenters. The summed E-state index contributed by atoms with van der Waals surface area (Å²) in [4.78, 5) is 18.8. The molecule has 2 aromatic rings. The monoisotopic (exact) mass is 445 g/mol. The van der Waals surface area contributed by atoms with E-state index >= 15 is 0 Å². The van der Waals surface area contributed by atoms with Gasteiger partial charge in [-0.2, -0.15) is 5.10 Å². The fraction of sp³-hybridized carbons (Fsp3) is 0.357. The molecule has 1 heterocycles. The van der Waals surface area contributed by atoms with E-state index < -0.39 is 4.92 Å². The molecule has 0 saturated heterocycles. The lowest BCUT2D eigenvalue weighted by molar-refractivity contribution is -0.384. The Morgan fingerprint density at radius 3 is 2.58 bits per heavy atom. The highest BCUT2D eigenvalue weighted by molar-refractivity contribution is 14.0. The van der Waals surface area contributed by atoms with Crippen molar-refractivity contribution in [1.29, 1.82) is 0 Å². The van der Waals surface area contributed by atoms with Gasteiger partial charge in [0.15, 0.2) is 5.96 Å². The predicted molar refractivity (Wildman–Crippen MR) is 101 cm³/mol. The number of aromatic nitrogens is 3. The molecule has 0 radical (unpaired) electrons. The van der Waals surface area contributed by atoms with Crippen molar-refractivity contribution in [2.75, 3.05) is 6.54 Å². The second-order valence-corrected chi connectivity index (χ2v) is 4.77. The van der Waals surface area contributed by atoms with E-state index in [1.165, 1.54) is 18.5 Å². The molecule has 0 bridgehead atoms. The fourth-order valence-electron chi connectivity index (χ4n) is 1.88. The second kappa shape index (κ2) is 9.80. The van der Waals surface area contributed by atoms with Crippen LogP contribution in [0.25, 0.3) is 0 Å². The van der Waals surface area contributed by atoms with Gasteiger partial charge in [0, 0.05) is 25.7 Å². The smallest absolute Gasteiger partial charge is 0.269 e. The first-order valence-electron chi connectivity index (χ1n) is 7.18. The summed E-state index contributed by atoms with van der Waals surface area (Å²) in [5.41, 5.74) is 0.969. The van der Waals surface area contributed by atoms with E-state index in [1.807, 2.05) is 14.0 Å². The molecule has 0 spiro atoms. The van der Waals surface area contributed by atoms with Crippen LogP contribution in [0, 0.1) is 10.1 Å². The highest BCUT2D eigenvalue weighted by Crippen LogP contribution is 2.12. The number of nitro benzene ring substituents is 1. The van der Waals surface area contributed by atoms with Crippen molar-refractivity contribution in [3.05, 3.63) is 52.1 Å². The molecular formula is C14H20IN7O2. The van der Waals surface area contributed by atoms with E-state index in [0.717, 1.165) is 17.9 Å². The van der Waals surface area contributed by atoms with Crippen molar-refractivity contribution >= 4 is 35.6 Å². The maximum atomic E-state index is 10.6. The zero-order chi connectivity index (χ0) is 16.7. The third-order valence-corrected chi connectivity index (χ3v) is 3.13. The summed E-state index contributed by atoms with van der Waals surface area (Å²) in [5.74, 6) is 1.44. The molecule has 0 amide bonds. The number of nitrogens with one attached hydrogen (secondary N) is 2. The van der Waals surface area contributed by atoms with E-state index in [4.69, 9.17) is 0 Å². The molecule has 24 heavy (non-hydrogen) atoms. The molecule has 9 nitrogen and oxygen atoms in total. The van der Waals surface area contributed by atoms with E-state index in [2.05, 4.69) is 25.7 Å². The van der Waals surface area contributed by atoms with Gasteiger partial charge in [-0.1, -0.05) is 12.1 Å². The van der Waals surface area contributed by atoms with E-state index in [1.54, 1.807) is 16.8 Å². The first-order chi connectivity index (χ1) is 11.1. The number of nitrogens with zero attached hydrogens (tertiary/aromatic N) is 5. The SMILES string of the molecule is CCNC(=NCc1ccc([N+](=O)[O-])cc1)NCc1ncnn1C.I. The van der Waals surface area contributed by atoms with Gasteiger partial charge in [0.25, 0.3) is 5.69 Å². The van der Waals surface area contributed by atoms with Gasteiger partial charge in [0.2, 0.25) is 0 Å². The Kier molecular flexibility index (Phi) is 8.09. The highest BCUT2D eigenvalue weighted by Gasteiger charge is 2.05. The minimum atomic E-state index is -0.417. The van der Waals surface area contributed by atoms with E-state index in [9.17, 15) is 10.1 Å². The van der Waals surface area contributed by atoms with Crippen LogP contribution < -0.4 is 10.6 Å². The van der Waals surface area contributed by atoms with Crippen molar-refractivity contribution in [3.8, 4) is 0 Å². The standard InChI is InChI=1S/C14H19N7O2.HI/c1-3-15-14(17-9-13-18-10-19-20(13)2)16-8-11-4-6-12(7-5-11)21(22)23;/h4-7,10H,3,8-9H2,1-2H3,(H2,15,16,17);1H. The van der Waals surface area contributed by atoms with Crippen LogP contribution in [0.4, 0.5) is 5.69 Å². The molecule has 0 atom stereocenters. The first-order valence-corrected chi connectivity index (χ1v) is 7.18. The topological polar surface area (TPSA) is 110 Å². The number of non-ortho nitro benzene ring substituents is 1. The van der Waals surface area contributed by atoms with Gasteiger partial charge >= 0.3 is 0 Å². The van der Waals surface area contributed by atoms with Crippen molar-refractivity contribution in [2.45, 2.75) is 20.0 Å². The van der Waals surface area contributed by atoms with E-state index in [0.29, 0.717) is 19.0 Å².